The predicted molar refractivity (Wildman–Crippen MR) is 156 cm³/mol. The molecule has 6 rings (SSSR count). The number of aliphatic hydroxyl groups excluding tert-OH is 1. The van der Waals surface area contributed by atoms with Gasteiger partial charge in [0.1, 0.15) is 11.6 Å². The van der Waals surface area contributed by atoms with Crippen molar-refractivity contribution >= 4 is 10.9 Å². The van der Waals surface area contributed by atoms with E-state index in [1.54, 1.807) is 11.7 Å². The Morgan fingerprint density at radius 1 is 1.16 bits per heavy atom. The molecule has 2 aromatic heterocycles. The molecule has 0 spiro atoms. The molecule has 8 nitrogen and oxygen atoms in total. The van der Waals surface area contributed by atoms with Crippen LogP contribution in [0.25, 0.3) is 33.5 Å². The lowest BCUT2D eigenvalue weighted by Gasteiger charge is -2.35. The van der Waals surface area contributed by atoms with Crippen LogP contribution in [0, 0.1) is 17.2 Å². The van der Waals surface area contributed by atoms with E-state index in [2.05, 4.69) is 16.2 Å². The van der Waals surface area contributed by atoms with Crippen LogP contribution in [-0.4, -0.2) is 54.9 Å². The Balaban J connectivity index is 1.36. The van der Waals surface area contributed by atoms with Crippen LogP contribution in [0.3, 0.4) is 0 Å². The Hall–Kier alpha value is -4.30. The summed E-state index contributed by atoms with van der Waals surface area (Å²) >= 11 is 0. The van der Waals surface area contributed by atoms with Crippen molar-refractivity contribution < 1.29 is 23.0 Å². The molecule has 2 aliphatic rings. The fourth-order valence-corrected chi connectivity index (χ4v) is 6.16. The number of piperidine rings is 1. The first-order chi connectivity index (χ1) is 20.5. The molecule has 1 aliphatic heterocycles. The Morgan fingerprint density at radius 3 is 2.56 bits per heavy atom. The number of allylic oxidation sites excluding steroid dienone is 1. The van der Waals surface area contributed by atoms with E-state index < -0.39 is 18.2 Å². The molecule has 224 valence electrons. The van der Waals surface area contributed by atoms with Crippen molar-refractivity contribution in [1.29, 1.82) is 5.26 Å². The molecule has 0 radical (unpaired) electrons. The monoisotopic (exact) mass is 590 g/mol. The molecular formula is C32H33F3N6O2. The van der Waals surface area contributed by atoms with E-state index in [9.17, 15) is 23.5 Å². The van der Waals surface area contributed by atoms with Crippen molar-refractivity contribution in [2.24, 2.45) is 13.0 Å². The largest absolute Gasteiger partial charge is 0.573 e. The molecule has 1 saturated heterocycles. The standard InChI is InChI=1S/C32H33F3N6O2/c1-19(2)40-13-11-21(12-14-40)27(42)18-41-17-25-23(5-4-6-26(25)38-41)29-30(22-8-9-22)39(3)31(37-29)24-10-7-20(16-36)15-28(24)43-32(33,34)35/h4-7,10,15,17,21-22,27,42H,1,8-9,11-14,18H2,2-3H3. The summed E-state index contributed by atoms with van der Waals surface area (Å²) in [6.45, 7) is 8.14. The summed E-state index contributed by atoms with van der Waals surface area (Å²) in [6.07, 6.45) is 0.128. The third-order valence-electron chi connectivity index (χ3n) is 8.53. The van der Waals surface area contributed by atoms with Gasteiger partial charge >= 0.3 is 6.36 Å². The first-order valence-electron chi connectivity index (χ1n) is 14.4. The smallest absolute Gasteiger partial charge is 0.405 e. The predicted octanol–water partition coefficient (Wildman–Crippen LogP) is 6.36. The molecule has 43 heavy (non-hydrogen) atoms. The number of aromatic nitrogens is 4. The van der Waals surface area contributed by atoms with Gasteiger partial charge < -0.3 is 19.3 Å². The highest BCUT2D eigenvalue weighted by molar-refractivity contribution is 5.94. The molecule has 1 aliphatic carbocycles. The number of ether oxygens (including phenoxy) is 1. The highest BCUT2D eigenvalue weighted by atomic mass is 19.4. The van der Waals surface area contributed by atoms with E-state index in [0.717, 1.165) is 72.7 Å². The van der Waals surface area contributed by atoms with Gasteiger partial charge in [-0.3, -0.25) is 4.68 Å². The van der Waals surface area contributed by atoms with Crippen LogP contribution >= 0.6 is 0 Å². The molecule has 0 bridgehead atoms. The number of imidazole rings is 1. The zero-order valence-electron chi connectivity index (χ0n) is 24.1. The summed E-state index contributed by atoms with van der Waals surface area (Å²) in [5.74, 6) is 0.246. The number of halogens is 3. The van der Waals surface area contributed by atoms with Crippen molar-refractivity contribution in [1.82, 2.24) is 24.2 Å². The number of likely N-dealkylation sites (tertiary alicyclic amines) is 1. The van der Waals surface area contributed by atoms with E-state index in [1.165, 1.54) is 12.1 Å². The lowest BCUT2D eigenvalue weighted by atomic mass is 9.91. The van der Waals surface area contributed by atoms with Gasteiger partial charge in [-0.1, -0.05) is 18.7 Å². The topological polar surface area (TPSA) is 92.1 Å². The normalized spacial score (nSPS) is 16.8. The highest BCUT2D eigenvalue weighted by Crippen LogP contribution is 2.47. The first kappa shape index (κ1) is 28.8. The second-order valence-corrected chi connectivity index (χ2v) is 11.6. The maximum atomic E-state index is 13.3. The Morgan fingerprint density at radius 2 is 1.91 bits per heavy atom. The van der Waals surface area contributed by atoms with Crippen molar-refractivity contribution in [2.45, 2.75) is 57.5 Å². The third kappa shape index (κ3) is 5.84. The summed E-state index contributed by atoms with van der Waals surface area (Å²) < 4.78 is 48.0. The van der Waals surface area contributed by atoms with Gasteiger partial charge in [0.05, 0.1) is 41.1 Å². The van der Waals surface area contributed by atoms with Gasteiger partial charge in [0, 0.05) is 54.6 Å². The molecule has 4 aromatic rings. The van der Waals surface area contributed by atoms with Crippen molar-refractivity contribution in [3.63, 3.8) is 0 Å². The zero-order valence-corrected chi connectivity index (χ0v) is 24.1. The van der Waals surface area contributed by atoms with Crippen LogP contribution < -0.4 is 4.74 Å². The highest BCUT2D eigenvalue weighted by Gasteiger charge is 2.36. The summed E-state index contributed by atoms with van der Waals surface area (Å²) in [5, 5.41) is 26.0. The number of hydrogen-bond donors (Lipinski definition) is 1. The number of nitriles is 1. The van der Waals surface area contributed by atoms with Crippen LogP contribution in [0.5, 0.6) is 5.75 Å². The van der Waals surface area contributed by atoms with Gasteiger partial charge in [-0.25, -0.2) is 4.98 Å². The fourth-order valence-electron chi connectivity index (χ4n) is 6.16. The minimum absolute atomic E-state index is 0.0561. The number of nitrogens with zero attached hydrogens (tertiary/aromatic N) is 6. The van der Waals surface area contributed by atoms with Crippen molar-refractivity contribution in [3.05, 3.63) is 66.1 Å². The summed E-state index contributed by atoms with van der Waals surface area (Å²) in [4.78, 5) is 7.15. The second kappa shape index (κ2) is 11.1. The third-order valence-corrected chi connectivity index (χ3v) is 8.53. The SMILES string of the molecule is C=C(C)N1CCC(C(O)Cn2cc3c(-c4nc(-c5ccc(C#N)cc5OC(F)(F)F)n(C)c4C4CC4)cccc3n2)CC1. The van der Waals surface area contributed by atoms with Gasteiger partial charge in [-0.05, 0) is 62.8 Å². The van der Waals surface area contributed by atoms with Crippen LogP contribution in [-0.2, 0) is 13.6 Å². The average molecular weight is 591 g/mol. The minimum Gasteiger partial charge on any atom is -0.405 e. The van der Waals surface area contributed by atoms with Crippen LogP contribution in [0.4, 0.5) is 13.2 Å². The summed E-state index contributed by atoms with van der Waals surface area (Å²) in [5.41, 5.74) is 4.43. The maximum absolute atomic E-state index is 13.3. The molecule has 1 unspecified atom stereocenters. The van der Waals surface area contributed by atoms with Crippen LogP contribution in [0.15, 0.2) is 54.9 Å². The van der Waals surface area contributed by atoms with E-state index in [4.69, 9.17) is 10.1 Å². The quantitative estimate of drug-likeness (QED) is 0.257. The van der Waals surface area contributed by atoms with E-state index in [0.29, 0.717) is 18.1 Å². The Kier molecular flexibility index (Phi) is 7.42. The zero-order chi connectivity index (χ0) is 30.5. The first-order valence-corrected chi connectivity index (χ1v) is 14.4. The molecular weight excluding hydrogens is 557 g/mol. The fraction of sp³-hybridized carbons (Fsp3) is 0.406. The van der Waals surface area contributed by atoms with E-state index >= 15 is 0 Å². The molecule has 2 fully saturated rings. The number of benzene rings is 2. The van der Waals surface area contributed by atoms with Gasteiger partial charge in [-0.15, -0.1) is 13.2 Å². The number of fused-ring (bicyclic) bond motifs is 1. The van der Waals surface area contributed by atoms with Gasteiger partial charge in [-0.2, -0.15) is 10.4 Å². The lowest BCUT2D eigenvalue weighted by Crippen LogP contribution is -2.38. The minimum atomic E-state index is -4.93. The van der Waals surface area contributed by atoms with Gasteiger partial charge in [0.25, 0.3) is 0 Å². The molecule has 1 saturated carbocycles. The van der Waals surface area contributed by atoms with Crippen molar-refractivity contribution in [2.75, 3.05) is 13.1 Å². The Bertz CT molecular complexity index is 1720. The van der Waals surface area contributed by atoms with E-state index in [-0.39, 0.29) is 23.0 Å². The van der Waals surface area contributed by atoms with Crippen molar-refractivity contribution in [3.8, 4) is 34.5 Å². The second-order valence-electron chi connectivity index (χ2n) is 11.6. The average Bonchev–Trinajstić information content (AvgIpc) is 3.63. The molecule has 1 N–H and O–H groups in total. The summed E-state index contributed by atoms with van der Waals surface area (Å²) in [7, 11) is 1.80. The van der Waals surface area contributed by atoms with Gasteiger partial charge in [0.15, 0.2) is 0 Å². The molecule has 0 amide bonds. The summed E-state index contributed by atoms with van der Waals surface area (Å²) in [6, 6.07) is 11.6. The van der Waals surface area contributed by atoms with Crippen LogP contribution in [0.1, 0.15) is 49.8 Å². The number of hydrogen-bond acceptors (Lipinski definition) is 6. The lowest BCUT2D eigenvalue weighted by molar-refractivity contribution is -0.274. The maximum Gasteiger partial charge on any atom is 0.573 e. The number of aliphatic hydroxyl groups is 1. The van der Waals surface area contributed by atoms with Gasteiger partial charge in [0.2, 0.25) is 0 Å². The molecule has 3 heterocycles. The number of rotatable bonds is 8. The number of alkyl halides is 3. The Labute approximate surface area is 247 Å². The molecule has 1 atom stereocenters. The van der Waals surface area contributed by atoms with Crippen LogP contribution in [0.2, 0.25) is 0 Å². The van der Waals surface area contributed by atoms with E-state index in [1.807, 2.05) is 42.0 Å². The molecule has 2 aromatic carbocycles. The molecule has 11 heteroatoms.